The molecule has 3 aromatic heterocycles. The van der Waals surface area contributed by atoms with Gasteiger partial charge in [-0.2, -0.15) is 0 Å². The fourth-order valence-corrected chi connectivity index (χ4v) is 1.92. The number of pyridine rings is 2. The number of aryl methyl sites for hydroxylation is 1. The van der Waals surface area contributed by atoms with Crippen LogP contribution < -0.4 is 0 Å². The second kappa shape index (κ2) is 3.45. The molecule has 3 heterocycles. The second-order valence-corrected chi connectivity index (χ2v) is 3.81. The smallest absolute Gasteiger partial charge is 0.0646 e. The maximum absolute atomic E-state index is 4.21. The SMILES string of the molecule is Cc1cc(-c2c[nH]c3cnccc23)ccn1. The highest BCUT2D eigenvalue weighted by atomic mass is 14.7. The highest BCUT2D eigenvalue weighted by Gasteiger charge is 2.05. The minimum atomic E-state index is 1.03. The Balaban J connectivity index is 2.26. The molecule has 0 fully saturated rings. The summed E-state index contributed by atoms with van der Waals surface area (Å²) in [5.41, 5.74) is 4.47. The van der Waals surface area contributed by atoms with Gasteiger partial charge in [0.15, 0.2) is 0 Å². The lowest BCUT2D eigenvalue weighted by Gasteiger charge is -2.00. The van der Waals surface area contributed by atoms with E-state index in [-0.39, 0.29) is 0 Å². The van der Waals surface area contributed by atoms with Crippen LogP contribution in [0.1, 0.15) is 5.69 Å². The lowest BCUT2D eigenvalue weighted by molar-refractivity contribution is 1.20. The van der Waals surface area contributed by atoms with Gasteiger partial charge >= 0.3 is 0 Å². The molecule has 0 bridgehead atoms. The summed E-state index contributed by atoms with van der Waals surface area (Å²) in [5, 5.41) is 1.20. The molecule has 0 radical (unpaired) electrons. The van der Waals surface area contributed by atoms with Crippen molar-refractivity contribution in [1.82, 2.24) is 15.0 Å². The Morgan fingerprint density at radius 2 is 2.12 bits per heavy atom. The third-order valence-corrected chi connectivity index (χ3v) is 2.69. The van der Waals surface area contributed by atoms with E-state index in [9.17, 15) is 0 Å². The van der Waals surface area contributed by atoms with E-state index in [4.69, 9.17) is 0 Å². The molecule has 3 nitrogen and oxygen atoms in total. The summed E-state index contributed by atoms with van der Waals surface area (Å²) in [7, 11) is 0. The normalized spacial score (nSPS) is 10.8. The minimum absolute atomic E-state index is 1.03. The van der Waals surface area contributed by atoms with Crippen LogP contribution in [0.4, 0.5) is 0 Å². The van der Waals surface area contributed by atoms with Gasteiger partial charge in [0.25, 0.3) is 0 Å². The zero-order valence-electron chi connectivity index (χ0n) is 8.94. The van der Waals surface area contributed by atoms with Crippen molar-refractivity contribution >= 4 is 10.9 Å². The van der Waals surface area contributed by atoms with Crippen molar-refractivity contribution in [3.05, 3.63) is 48.7 Å². The van der Waals surface area contributed by atoms with Crippen LogP contribution in [-0.2, 0) is 0 Å². The van der Waals surface area contributed by atoms with Crippen molar-refractivity contribution in [3.8, 4) is 11.1 Å². The number of aromatic amines is 1. The lowest BCUT2D eigenvalue weighted by Crippen LogP contribution is -1.81. The van der Waals surface area contributed by atoms with Gasteiger partial charge in [-0.05, 0) is 30.7 Å². The summed E-state index contributed by atoms with van der Waals surface area (Å²) in [5.74, 6) is 0. The summed E-state index contributed by atoms with van der Waals surface area (Å²) in [4.78, 5) is 11.5. The van der Waals surface area contributed by atoms with Gasteiger partial charge in [-0.25, -0.2) is 0 Å². The first-order valence-corrected chi connectivity index (χ1v) is 5.19. The van der Waals surface area contributed by atoms with Gasteiger partial charge in [0.1, 0.15) is 0 Å². The predicted molar refractivity (Wildman–Crippen MR) is 64.1 cm³/mol. The van der Waals surface area contributed by atoms with Gasteiger partial charge in [0.2, 0.25) is 0 Å². The molecule has 0 aliphatic carbocycles. The number of aromatic nitrogens is 3. The molecule has 0 unspecified atom stereocenters. The predicted octanol–water partition coefficient (Wildman–Crippen LogP) is 2.93. The molecule has 3 aromatic rings. The van der Waals surface area contributed by atoms with E-state index in [2.05, 4.69) is 21.0 Å². The molecule has 1 N–H and O–H groups in total. The van der Waals surface area contributed by atoms with E-state index in [0.29, 0.717) is 0 Å². The zero-order valence-corrected chi connectivity index (χ0v) is 8.94. The van der Waals surface area contributed by atoms with Crippen LogP contribution >= 0.6 is 0 Å². The lowest BCUT2D eigenvalue weighted by atomic mass is 10.1. The van der Waals surface area contributed by atoms with Crippen LogP contribution in [0.25, 0.3) is 22.0 Å². The molecule has 0 saturated carbocycles. The summed E-state index contributed by atoms with van der Waals surface area (Å²) in [6.07, 6.45) is 7.51. The van der Waals surface area contributed by atoms with E-state index in [1.807, 2.05) is 43.8 Å². The Kier molecular flexibility index (Phi) is 1.96. The maximum Gasteiger partial charge on any atom is 0.0646 e. The first kappa shape index (κ1) is 9.09. The number of nitrogens with one attached hydrogen (secondary N) is 1. The van der Waals surface area contributed by atoms with Crippen molar-refractivity contribution in [1.29, 1.82) is 0 Å². The standard InChI is InChI=1S/C13H11N3/c1-9-6-10(2-5-15-9)12-7-16-13-8-14-4-3-11(12)13/h2-8,16H,1H3. The van der Waals surface area contributed by atoms with Crippen molar-refractivity contribution in [3.63, 3.8) is 0 Å². The molecular weight excluding hydrogens is 198 g/mol. The highest BCUT2D eigenvalue weighted by molar-refractivity contribution is 5.94. The number of hydrogen-bond donors (Lipinski definition) is 1. The Labute approximate surface area is 93.2 Å². The number of rotatable bonds is 1. The third kappa shape index (κ3) is 1.37. The van der Waals surface area contributed by atoms with E-state index >= 15 is 0 Å². The summed E-state index contributed by atoms with van der Waals surface area (Å²) < 4.78 is 0. The Bertz CT molecular complexity index is 640. The van der Waals surface area contributed by atoms with Crippen LogP contribution in [0.5, 0.6) is 0 Å². The molecule has 3 rings (SSSR count). The van der Waals surface area contributed by atoms with Crippen LogP contribution in [-0.4, -0.2) is 15.0 Å². The van der Waals surface area contributed by atoms with Crippen molar-refractivity contribution in [2.45, 2.75) is 6.92 Å². The molecular formula is C13H11N3. The molecule has 0 aliphatic heterocycles. The van der Waals surface area contributed by atoms with Gasteiger partial charge in [-0.1, -0.05) is 0 Å². The summed E-state index contributed by atoms with van der Waals surface area (Å²) >= 11 is 0. The third-order valence-electron chi connectivity index (χ3n) is 2.69. The molecule has 0 atom stereocenters. The van der Waals surface area contributed by atoms with Gasteiger partial charge in [0, 0.05) is 35.2 Å². The first-order valence-electron chi connectivity index (χ1n) is 5.19. The Hall–Kier alpha value is -2.16. The quantitative estimate of drug-likeness (QED) is 0.669. The Morgan fingerprint density at radius 1 is 1.19 bits per heavy atom. The van der Waals surface area contributed by atoms with Crippen molar-refractivity contribution in [2.75, 3.05) is 0 Å². The molecule has 0 aromatic carbocycles. The molecule has 0 spiro atoms. The average molecular weight is 209 g/mol. The van der Waals surface area contributed by atoms with Gasteiger partial charge < -0.3 is 4.98 Å². The van der Waals surface area contributed by atoms with Crippen LogP contribution in [0.2, 0.25) is 0 Å². The first-order chi connectivity index (χ1) is 7.84. The van der Waals surface area contributed by atoms with Crippen molar-refractivity contribution < 1.29 is 0 Å². The Morgan fingerprint density at radius 3 is 3.00 bits per heavy atom. The molecule has 0 amide bonds. The minimum Gasteiger partial charge on any atom is -0.359 e. The highest BCUT2D eigenvalue weighted by Crippen LogP contribution is 2.27. The zero-order chi connectivity index (χ0) is 11.0. The molecule has 3 heteroatoms. The van der Waals surface area contributed by atoms with Gasteiger partial charge in [-0.3, -0.25) is 9.97 Å². The summed E-state index contributed by atoms with van der Waals surface area (Å²) in [6, 6.07) is 6.13. The topological polar surface area (TPSA) is 41.6 Å². The van der Waals surface area contributed by atoms with Gasteiger partial charge in [-0.15, -0.1) is 0 Å². The molecule has 0 saturated heterocycles. The van der Waals surface area contributed by atoms with Crippen molar-refractivity contribution in [2.24, 2.45) is 0 Å². The monoisotopic (exact) mass is 209 g/mol. The fraction of sp³-hybridized carbons (Fsp3) is 0.0769. The second-order valence-electron chi connectivity index (χ2n) is 3.81. The maximum atomic E-state index is 4.21. The number of H-pyrrole nitrogens is 1. The largest absolute Gasteiger partial charge is 0.359 e. The van der Waals surface area contributed by atoms with E-state index < -0.39 is 0 Å². The summed E-state index contributed by atoms with van der Waals surface area (Å²) in [6.45, 7) is 2.00. The average Bonchev–Trinajstić information content (AvgIpc) is 2.72. The number of nitrogens with zero attached hydrogens (tertiary/aromatic N) is 2. The van der Waals surface area contributed by atoms with Crippen LogP contribution in [0.15, 0.2) is 43.0 Å². The molecule has 0 aliphatic rings. The van der Waals surface area contributed by atoms with E-state index in [1.165, 1.54) is 16.5 Å². The van der Waals surface area contributed by atoms with E-state index in [0.717, 1.165) is 11.2 Å². The molecule has 78 valence electrons. The van der Waals surface area contributed by atoms with Crippen LogP contribution in [0.3, 0.4) is 0 Å². The van der Waals surface area contributed by atoms with E-state index in [1.54, 1.807) is 0 Å². The fourth-order valence-electron chi connectivity index (χ4n) is 1.92. The molecule has 16 heavy (non-hydrogen) atoms. The van der Waals surface area contributed by atoms with Crippen LogP contribution in [0, 0.1) is 6.92 Å². The number of hydrogen-bond acceptors (Lipinski definition) is 2. The number of fused-ring (bicyclic) bond motifs is 1. The van der Waals surface area contributed by atoms with Gasteiger partial charge in [0.05, 0.1) is 11.7 Å².